The summed E-state index contributed by atoms with van der Waals surface area (Å²) in [4.78, 5) is 3.90. The molecule has 16 heavy (non-hydrogen) atoms. The Bertz CT molecular complexity index is 307. The van der Waals surface area contributed by atoms with Crippen LogP contribution in [-0.4, -0.2) is 34.9 Å². The monoisotopic (exact) mass is 236 g/mol. The molecule has 0 radical (unpaired) electrons. The van der Waals surface area contributed by atoms with Gasteiger partial charge in [0.15, 0.2) is 5.82 Å². The van der Waals surface area contributed by atoms with Crippen molar-refractivity contribution in [2.24, 2.45) is 0 Å². The SMILES string of the molecule is CCC(O)c1noc(CCOCC(F)F)n1. The number of nitrogens with zero attached hydrogens (tertiary/aromatic N) is 2. The molecule has 1 rings (SSSR count). The fourth-order valence-corrected chi connectivity index (χ4v) is 1.02. The molecule has 1 heterocycles. The van der Waals surface area contributed by atoms with Crippen molar-refractivity contribution >= 4 is 0 Å². The van der Waals surface area contributed by atoms with Gasteiger partial charge in [-0.25, -0.2) is 8.78 Å². The fraction of sp³-hybridized carbons (Fsp3) is 0.778. The average molecular weight is 236 g/mol. The predicted molar refractivity (Wildman–Crippen MR) is 50.1 cm³/mol. The fourth-order valence-electron chi connectivity index (χ4n) is 1.02. The van der Waals surface area contributed by atoms with Crippen LogP contribution in [0.2, 0.25) is 0 Å². The third kappa shape index (κ3) is 4.19. The summed E-state index contributed by atoms with van der Waals surface area (Å²) in [6.07, 6.45) is -2.48. The number of alkyl halides is 2. The van der Waals surface area contributed by atoms with Crippen LogP contribution >= 0.6 is 0 Å². The first-order valence-electron chi connectivity index (χ1n) is 5.00. The first-order chi connectivity index (χ1) is 7.63. The Morgan fingerprint density at radius 1 is 1.50 bits per heavy atom. The van der Waals surface area contributed by atoms with E-state index in [1.165, 1.54) is 0 Å². The number of ether oxygens (including phenoxy) is 1. The predicted octanol–water partition coefficient (Wildman–Crippen LogP) is 1.34. The Morgan fingerprint density at radius 2 is 2.25 bits per heavy atom. The number of aliphatic hydroxyl groups excluding tert-OH is 1. The molecule has 0 aliphatic rings. The number of hydrogen-bond acceptors (Lipinski definition) is 5. The van der Waals surface area contributed by atoms with Gasteiger partial charge < -0.3 is 14.4 Å². The molecule has 0 aliphatic carbocycles. The van der Waals surface area contributed by atoms with Crippen molar-refractivity contribution in [1.82, 2.24) is 10.1 Å². The van der Waals surface area contributed by atoms with Crippen molar-refractivity contribution in [3.63, 3.8) is 0 Å². The van der Waals surface area contributed by atoms with Crippen molar-refractivity contribution in [3.05, 3.63) is 11.7 Å². The van der Waals surface area contributed by atoms with Crippen LogP contribution < -0.4 is 0 Å². The molecule has 0 aliphatic heterocycles. The van der Waals surface area contributed by atoms with E-state index in [9.17, 15) is 13.9 Å². The maximum Gasteiger partial charge on any atom is 0.261 e. The molecule has 0 fully saturated rings. The van der Waals surface area contributed by atoms with Gasteiger partial charge in [0.1, 0.15) is 12.7 Å². The number of aliphatic hydroxyl groups is 1. The summed E-state index contributed by atoms with van der Waals surface area (Å²) in [5.74, 6) is 0.489. The summed E-state index contributed by atoms with van der Waals surface area (Å²) >= 11 is 0. The Morgan fingerprint density at radius 3 is 2.88 bits per heavy atom. The minimum Gasteiger partial charge on any atom is -0.385 e. The highest BCUT2D eigenvalue weighted by atomic mass is 19.3. The molecule has 1 aromatic rings. The van der Waals surface area contributed by atoms with Gasteiger partial charge in [0.25, 0.3) is 6.43 Å². The van der Waals surface area contributed by atoms with Crippen LogP contribution in [-0.2, 0) is 11.2 Å². The molecule has 7 heteroatoms. The number of hydrogen-bond donors (Lipinski definition) is 1. The van der Waals surface area contributed by atoms with Gasteiger partial charge in [-0.1, -0.05) is 12.1 Å². The summed E-state index contributed by atoms with van der Waals surface area (Å²) in [6, 6.07) is 0. The van der Waals surface area contributed by atoms with Gasteiger partial charge in [0.2, 0.25) is 5.89 Å². The van der Waals surface area contributed by atoms with Crippen LogP contribution in [0.3, 0.4) is 0 Å². The Hall–Kier alpha value is -1.08. The van der Waals surface area contributed by atoms with Crippen LogP contribution in [0.4, 0.5) is 8.78 Å². The number of aromatic nitrogens is 2. The molecule has 0 spiro atoms. The summed E-state index contributed by atoms with van der Waals surface area (Å²) in [5.41, 5.74) is 0. The third-order valence-electron chi connectivity index (χ3n) is 1.87. The molecule has 1 unspecified atom stereocenters. The molecule has 1 atom stereocenters. The van der Waals surface area contributed by atoms with E-state index in [0.717, 1.165) is 0 Å². The highest BCUT2D eigenvalue weighted by Gasteiger charge is 2.13. The van der Waals surface area contributed by atoms with Gasteiger partial charge in [0.05, 0.1) is 13.0 Å². The van der Waals surface area contributed by atoms with Crippen LogP contribution in [0.25, 0.3) is 0 Å². The highest BCUT2D eigenvalue weighted by molar-refractivity contribution is 4.90. The highest BCUT2D eigenvalue weighted by Crippen LogP contribution is 2.12. The molecule has 0 bridgehead atoms. The summed E-state index contributed by atoms with van der Waals surface area (Å²) in [5, 5.41) is 12.9. The Labute approximate surface area is 91.4 Å². The molecular formula is C9H14F2N2O3. The summed E-state index contributed by atoms with van der Waals surface area (Å²) in [6.45, 7) is 1.28. The molecule has 0 aromatic carbocycles. The largest absolute Gasteiger partial charge is 0.385 e. The van der Waals surface area contributed by atoms with E-state index in [-0.39, 0.29) is 24.7 Å². The zero-order chi connectivity index (χ0) is 12.0. The van der Waals surface area contributed by atoms with E-state index in [4.69, 9.17) is 4.52 Å². The molecule has 5 nitrogen and oxygen atoms in total. The van der Waals surface area contributed by atoms with Crippen molar-refractivity contribution in [3.8, 4) is 0 Å². The van der Waals surface area contributed by atoms with Crippen molar-refractivity contribution < 1.29 is 23.1 Å². The second-order valence-corrected chi connectivity index (χ2v) is 3.19. The lowest BCUT2D eigenvalue weighted by Gasteiger charge is -2.00. The normalized spacial score (nSPS) is 13.3. The lowest BCUT2D eigenvalue weighted by Crippen LogP contribution is -2.07. The van der Waals surface area contributed by atoms with Crippen LogP contribution in [0.1, 0.15) is 31.2 Å². The number of rotatable bonds is 7. The minimum absolute atomic E-state index is 0.0915. The number of halogens is 2. The van der Waals surface area contributed by atoms with E-state index in [1.54, 1.807) is 6.92 Å². The van der Waals surface area contributed by atoms with Crippen LogP contribution in [0.15, 0.2) is 4.52 Å². The average Bonchev–Trinajstić information content (AvgIpc) is 2.71. The van der Waals surface area contributed by atoms with Gasteiger partial charge in [-0.15, -0.1) is 0 Å². The lowest BCUT2D eigenvalue weighted by atomic mass is 10.3. The standard InChI is InChI=1S/C9H14F2N2O3/c1-2-6(14)9-12-8(16-13-9)3-4-15-5-7(10)11/h6-7,14H,2-5H2,1H3. The van der Waals surface area contributed by atoms with E-state index in [2.05, 4.69) is 14.9 Å². The van der Waals surface area contributed by atoms with Crippen molar-refractivity contribution in [2.75, 3.05) is 13.2 Å². The van der Waals surface area contributed by atoms with Gasteiger partial charge in [-0.05, 0) is 6.42 Å². The molecule has 0 amide bonds. The van der Waals surface area contributed by atoms with Crippen molar-refractivity contribution in [2.45, 2.75) is 32.3 Å². The van der Waals surface area contributed by atoms with Gasteiger partial charge in [-0.3, -0.25) is 0 Å². The maximum absolute atomic E-state index is 11.7. The summed E-state index contributed by atoms with van der Waals surface area (Å²) < 4.78 is 32.9. The third-order valence-corrected chi connectivity index (χ3v) is 1.87. The maximum atomic E-state index is 11.7. The Kier molecular flexibility index (Phi) is 5.27. The van der Waals surface area contributed by atoms with Gasteiger partial charge in [-0.2, -0.15) is 4.98 Å². The lowest BCUT2D eigenvalue weighted by molar-refractivity contribution is 0.0171. The second-order valence-electron chi connectivity index (χ2n) is 3.19. The van der Waals surface area contributed by atoms with E-state index < -0.39 is 19.1 Å². The molecule has 1 N–H and O–H groups in total. The van der Waals surface area contributed by atoms with Crippen molar-refractivity contribution in [1.29, 1.82) is 0 Å². The molecular weight excluding hydrogens is 222 g/mol. The first kappa shape index (κ1) is 13.0. The van der Waals surface area contributed by atoms with Gasteiger partial charge >= 0.3 is 0 Å². The molecule has 0 saturated heterocycles. The van der Waals surface area contributed by atoms with E-state index in [0.29, 0.717) is 6.42 Å². The Balaban J connectivity index is 2.29. The molecule has 92 valence electrons. The zero-order valence-corrected chi connectivity index (χ0v) is 8.90. The molecule has 1 aromatic heterocycles. The zero-order valence-electron chi connectivity index (χ0n) is 8.90. The van der Waals surface area contributed by atoms with Crippen LogP contribution in [0, 0.1) is 0 Å². The summed E-state index contributed by atoms with van der Waals surface area (Å²) in [7, 11) is 0. The minimum atomic E-state index is -2.47. The van der Waals surface area contributed by atoms with E-state index >= 15 is 0 Å². The molecule has 0 saturated carbocycles. The van der Waals surface area contributed by atoms with Gasteiger partial charge in [0, 0.05) is 0 Å². The smallest absolute Gasteiger partial charge is 0.261 e. The topological polar surface area (TPSA) is 68.4 Å². The first-order valence-corrected chi connectivity index (χ1v) is 5.00. The van der Waals surface area contributed by atoms with E-state index in [1.807, 2.05) is 0 Å². The second kappa shape index (κ2) is 6.49. The van der Waals surface area contributed by atoms with Crippen LogP contribution in [0.5, 0.6) is 0 Å². The quantitative estimate of drug-likeness (QED) is 0.723.